The van der Waals surface area contributed by atoms with Crippen molar-refractivity contribution >= 4 is 28.4 Å². The molecule has 2 aromatic rings. The van der Waals surface area contributed by atoms with Crippen LogP contribution in [-0.2, 0) is 16.1 Å². The van der Waals surface area contributed by atoms with Gasteiger partial charge in [0.1, 0.15) is 11.9 Å². The van der Waals surface area contributed by atoms with E-state index in [1.54, 1.807) is 30.0 Å². The fourth-order valence-electron chi connectivity index (χ4n) is 2.53. The van der Waals surface area contributed by atoms with Crippen molar-refractivity contribution in [1.29, 1.82) is 0 Å². The Morgan fingerprint density at radius 3 is 2.83 bits per heavy atom. The summed E-state index contributed by atoms with van der Waals surface area (Å²) in [6.45, 7) is 6.82. The lowest BCUT2D eigenvalue weighted by atomic mass is 10.2. The number of H-pyrrole nitrogens is 1. The minimum absolute atomic E-state index is 0.118. The lowest BCUT2D eigenvalue weighted by molar-refractivity contribution is -0.143. The van der Waals surface area contributed by atoms with Crippen LogP contribution < -0.4 is 5.56 Å². The Bertz CT molecular complexity index is 775. The van der Waals surface area contributed by atoms with E-state index in [0.717, 1.165) is 6.42 Å². The summed E-state index contributed by atoms with van der Waals surface area (Å²) in [5, 5.41) is 0.984. The van der Waals surface area contributed by atoms with Gasteiger partial charge in [-0.25, -0.2) is 4.98 Å². The molecule has 0 bridgehead atoms. The van der Waals surface area contributed by atoms with Crippen LogP contribution in [0.2, 0.25) is 5.02 Å². The monoisotopic (exact) mass is 351 g/mol. The zero-order valence-corrected chi connectivity index (χ0v) is 14.9. The number of halogens is 1. The molecule has 1 atom stereocenters. The second-order valence-corrected chi connectivity index (χ2v) is 5.97. The smallest absolute Gasteiger partial charge is 0.258 e. The quantitative estimate of drug-likeness (QED) is 0.832. The Morgan fingerprint density at radius 2 is 2.17 bits per heavy atom. The lowest BCUT2D eigenvalue weighted by Gasteiger charge is -2.24. The fraction of sp³-hybridized carbons (Fsp3) is 0.471. The van der Waals surface area contributed by atoms with Crippen molar-refractivity contribution in [2.24, 2.45) is 0 Å². The molecule has 1 amide bonds. The molecular formula is C17H22ClN3O3. The molecule has 0 radical (unpaired) electrons. The Morgan fingerprint density at radius 1 is 1.42 bits per heavy atom. The largest absolute Gasteiger partial charge is 0.369 e. The van der Waals surface area contributed by atoms with Crippen LogP contribution in [0.5, 0.6) is 0 Å². The van der Waals surface area contributed by atoms with Crippen LogP contribution in [0.4, 0.5) is 0 Å². The molecule has 2 rings (SSSR count). The summed E-state index contributed by atoms with van der Waals surface area (Å²) in [5.41, 5.74) is 0.274. The highest BCUT2D eigenvalue weighted by Gasteiger charge is 2.21. The van der Waals surface area contributed by atoms with E-state index in [1.165, 1.54) is 0 Å². The van der Waals surface area contributed by atoms with Gasteiger partial charge in [-0.05, 0) is 38.5 Å². The minimum atomic E-state index is -0.525. The number of nitrogens with zero attached hydrogens (tertiary/aromatic N) is 2. The van der Waals surface area contributed by atoms with Crippen LogP contribution in [0, 0.1) is 0 Å². The molecule has 24 heavy (non-hydrogen) atoms. The molecule has 0 fully saturated rings. The summed E-state index contributed by atoms with van der Waals surface area (Å²) >= 11 is 5.97. The van der Waals surface area contributed by atoms with Gasteiger partial charge < -0.3 is 14.6 Å². The number of hydrogen-bond acceptors (Lipinski definition) is 4. The Hall–Kier alpha value is -1.92. The third-order valence-electron chi connectivity index (χ3n) is 3.63. The first-order chi connectivity index (χ1) is 11.5. The molecular weight excluding hydrogens is 330 g/mol. The van der Waals surface area contributed by atoms with Gasteiger partial charge in [0.25, 0.3) is 11.5 Å². The second kappa shape index (κ2) is 8.26. The second-order valence-electron chi connectivity index (χ2n) is 5.53. The number of carbonyl (C=O) groups excluding carboxylic acids is 1. The van der Waals surface area contributed by atoms with Gasteiger partial charge in [0.15, 0.2) is 0 Å². The average molecular weight is 352 g/mol. The number of carbonyl (C=O) groups is 1. The van der Waals surface area contributed by atoms with Crippen molar-refractivity contribution in [3.8, 4) is 0 Å². The van der Waals surface area contributed by atoms with Crippen molar-refractivity contribution in [3.63, 3.8) is 0 Å². The van der Waals surface area contributed by atoms with Gasteiger partial charge in [-0.2, -0.15) is 0 Å². The van der Waals surface area contributed by atoms with Crippen LogP contribution in [0.15, 0.2) is 23.0 Å². The highest BCUT2D eigenvalue weighted by molar-refractivity contribution is 6.31. The number of nitrogens with one attached hydrogen (secondary N) is 1. The van der Waals surface area contributed by atoms with Crippen molar-refractivity contribution in [1.82, 2.24) is 14.9 Å². The van der Waals surface area contributed by atoms with Gasteiger partial charge in [0.2, 0.25) is 0 Å². The number of aromatic amines is 1. The third-order valence-corrected chi connectivity index (χ3v) is 3.86. The Balaban J connectivity index is 2.30. The van der Waals surface area contributed by atoms with E-state index in [9.17, 15) is 9.59 Å². The average Bonchev–Trinajstić information content (AvgIpc) is 2.53. The van der Waals surface area contributed by atoms with Crippen LogP contribution in [0.3, 0.4) is 0 Å². The first-order valence-corrected chi connectivity index (χ1v) is 8.42. The molecule has 0 saturated carbocycles. The molecule has 0 aliphatic carbocycles. The molecule has 1 heterocycles. The highest BCUT2D eigenvalue weighted by Crippen LogP contribution is 2.15. The van der Waals surface area contributed by atoms with Crippen LogP contribution >= 0.6 is 11.6 Å². The number of rotatable bonds is 7. The van der Waals surface area contributed by atoms with Crippen LogP contribution in [0.25, 0.3) is 10.9 Å². The number of hydrogen-bond donors (Lipinski definition) is 1. The number of benzene rings is 1. The van der Waals surface area contributed by atoms with E-state index in [2.05, 4.69) is 9.97 Å². The maximum absolute atomic E-state index is 12.5. The van der Waals surface area contributed by atoms with Gasteiger partial charge in [-0.15, -0.1) is 0 Å². The van der Waals surface area contributed by atoms with Gasteiger partial charge in [0.05, 0.1) is 17.4 Å². The number of fused-ring (bicyclic) bond motifs is 1. The first kappa shape index (κ1) is 18.4. The van der Waals surface area contributed by atoms with Crippen LogP contribution in [-0.4, -0.2) is 40.0 Å². The van der Waals surface area contributed by atoms with E-state index in [0.29, 0.717) is 34.9 Å². The predicted octanol–water partition coefficient (Wildman–Crippen LogP) is 2.74. The number of amides is 1. The van der Waals surface area contributed by atoms with Gasteiger partial charge in [-0.3, -0.25) is 9.59 Å². The first-order valence-electron chi connectivity index (χ1n) is 8.05. The number of ether oxygens (including phenoxy) is 1. The van der Waals surface area contributed by atoms with Gasteiger partial charge in [-0.1, -0.05) is 18.5 Å². The van der Waals surface area contributed by atoms with Crippen molar-refractivity contribution < 1.29 is 9.53 Å². The highest BCUT2D eigenvalue weighted by atomic mass is 35.5. The molecule has 0 aliphatic rings. The summed E-state index contributed by atoms with van der Waals surface area (Å²) in [5.74, 6) is 0.313. The molecule has 0 spiro atoms. The summed E-state index contributed by atoms with van der Waals surface area (Å²) in [4.78, 5) is 33.5. The molecule has 1 aromatic carbocycles. The van der Waals surface area contributed by atoms with Gasteiger partial charge in [0, 0.05) is 18.2 Å². The van der Waals surface area contributed by atoms with E-state index in [4.69, 9.17) is 16.3 Å². The maximum Gasteiger partial charge on any atom is 0.258 e. The molecule has 1 aromatic heterocycles. The lowest BCUT2D eigenvalue weighted by Crippen LogP contribution is -2.39. The van der Waals surface area contributed by atoms with E-state index >= 15 is 0 Å². The topological polar surface area (TPSA) is 75.3 Å². The van der Waals surface area contributed by atoms with E-state index < -0.39 is 6.10 Å². The molecule has 7 heteroatoms. The zero-order chi connectivity index (χ0) is 17.7. The fourth-order valence-corrected chi connectivity index (χ4v) is 2.70. The number of aromatic nitrogens is 2. The third kappa shape index (κ3) is 4.33. The maximum atomic E-state index is 12.5. The zero-order valence-electron chi connectivity index (χ0n) is 14.1. The summed E-state index contributed by atoms with van der Waals surface area (Å²) in [6.07, 6.45) is 0.275. The normalized spacial score (nSPS) is 12.3. The van der Waals surface area contributed by atoms with Crippen molar-refractivity contribution in [2.75, 3.05) is 13.2 Å². The molecule has 0 aliphatic heterocycles. The predicted molar refractivity (Wildman–Crippen MR) is 94.2 cm³/mol. The summed E-state index contributed by atoms with van der Waals surface area (Å²) in [7, 11) is 0. The Labute approximate surface area is 145 Å². The minimum Gasteiger partial charge on any atom is -0.369 e. The molecule has 1 N–H and O–H groups in total. The SMILES string of the molecule is CCCN(Cc1nc2cc(Cl)ccc2c(=O)[nH]1)C(=O)C(C)OCC. The van der Waals surface area contributed by atoms with Crippen LogP contribution in [0.1, 0.15) is 33.0 Å². The molecule has 6 nitrogen and oxygen atoms in total. The molecule has 0 saturated heterocycles. The molecule has 1 unspecified atom stereocenters. The van der Waals surface area contributed by atoms with Crippen molar-refractivity contribution in [2.45, 2.75) is 39.8 Å². The molecule has 130 valence electrons. The van der Waals surface area contributed by atoms with Crippen molar-refractivity contribution in [3.05, 3.63) is 39.4 Å². The van der Waals surface area contributed by atoms with E-state index in [-0.39, 0.29) is 18.0 Å². The van der Waals surface area contributed by atoms with Gasteiger partial charge >= 0.3 is 0 Å². The summed E-state index contributed by atoms with van der Waals surface area (Å²) in [6, 6.07) is 4.93. The Kier molecular flexibility index (Phi) is 6.34. The van der Waals surface area contributed by atoms with E-state index in [1.807, 2.05) is 13.8 Å². The summed E-state index contributed by atoms with van der Waals surface area (Å²) < 4.78 is 5.38. The standard InChI is InChI=1S/C17H22ClN3O3/c1-4-8-21(17(23)11(3)24-5-2)10-15-19-14-9-12(18)6-7-13(14)16(22)20-15/h6-7,9,11H,4-5,8,10H2,1-3H3,(H,19,20,22).